The highest BCUT2D eigenvalue weighted by Gasteiger charge is 2.30. The highest BCUT2D eigenvalue weighted by Crippen LogP contribution is 2.40. The number of fused-ring (bicyclic) bond motifs is 2. The van der Waals surface area contributed by atoms with Crippen LogP contribution in [0.5, 0.6) is 11.5 Å². The summed E-state index contributed by atoms with van der Waals surface area (Å²) in [6.07, 6.45) is 0. The first kappa shape index (κ1) is 20.3. The van der Waals surface area contributed by atoms with E-state index >= 15 is 0 Å². The minimum atomic E-state index is -4.04. The summed E-state index contributed by atoms with van der Waals surface area (Å²) in [5.74, 6) is 0.165. The molecule has 30 heavy (non-hydrogen) atoms. The topological polar surface area (TPSA) is 75.7 Å². The van der Waals surface area contributed by atoms with E-state index in [1.165, 1.54) is 23.5 Å². The number of carbonyl (C=O) groups excluding carboxylic acids is 1. The van der Waals surface area contributed by atoms with Crippen LogP contribution >= 0.6 is 11.6 Å². The average Bonchev–Trinajstić information content (AvgIpc) is 2.82. The molecule has 1 aliphatic rings. The Hall–Kier alpha value is -3.03. The van der Waals surface area contributed by atoms with Gasteiger partial charge in [-0.15, -0.1) is 0 Å². The van der Waals surface area contributed by atoms with Gasteiger partial charge < -0.3 is 10.1 Å². The standard InChI is InChI=1S/C22H19ClN2O4S/c1-13-7-6-8-14(2)21(13)25(3)30(27,28)20-11-15-19(12-16(20)23)29-18-10-5-4-9-17(18)24-22(15)26/h4-12H,1-3H3,(H,24,26). The zero-order valence-electron chi connectivity index (χ0n) is 16.6. The third-order valence-electron chi connectivity index (χ3n) is 5.03. The fourth-order valence-corrected chi connectivity index (χ4v) is 5.37. The normalized spacial score (nSPS) is 12.9. The van der Waals surface area contributed by atoms with E-state index in [4.69, 9.17) is 16.3 Å². The quantitative estimate of drug-likeness (QED) is 0.609. The van der Waals surface area contributed by atoms with Crippen molar-refractivity contribution in [2.45, 2.75) is 18.7 Å². The van der Waals surface area contributed by atoms with Gasteiger partial charge in [-0.05, 0) is 43.2 Å². The summed E-state index contributed by atoms with van der Waals surface area (Å²) in [5.41, 5.74) is 2.76. The number of hydrogen-bond acceptors (Lipinski definition) is 4. The van der Waals surface area contributed by atoms with E-state index in [9.17, 15) is 13.2 Å². The molecule has 0 aromatic heterocycles. The predicted octanol–water partition coefficient (Wildman–Crippen LogP) is 5.14. The Kier molecular flexibility index (Phi) is 4.95. The number of amides is 1. The average molecular weight is 443 g/mol. The number of benzene rings is 3. The van der Waals surface area contributed by atoms with Crippen molar-refractivity contribution in [3.05, 3.63) is 76.3 Å². The van der Waals surface area contributed by atoms with E-state index in [0.717, 1.165) is 11.1 Å². The predicted molar refractivity (Wildman–Crippen MR) is 117 cm³/mol. The van der Waals surface area contributed by atoms with Gasteiger partial charge in [0, 0.05) is 13.1 Å². The van der Waals surface area contributed by atoms with Gasteiger partial charge in [-0.3, -0.25) is 9.10 Å². The number of nitrogens with zero attached hydrogens (tertiary/aromatic N) is 1. The maximum Gasteiger partial charge on any atom is 0.265 e. The van der Waals surface area contributed by atoms with Crippen molar-refractivity contribution >= 4 is 38.9 Å². The fraction of sp³-hybridized carbons (Fsp3) is 0.136. The molecule has 0 spiro atoms. The second kappa shape index (κ2) is 7.34. The second-order valence-corrected chi connectivity index (χ2v) is 9.39. The van der Waals surface area contributed by atoms with Crippen LogP contribution in [0.4, 0.5) is 11.4 Å². The second-order valence-electron chi connectivity index (χ2n) is 7.04. The molecule has 0 atom stereocenters. The lowest BCUT2D eigenvalue weighted by Gasteiger charge is -2.24. The van der Waals surface area contributed by atoms with Gasteiger partial charge in [0.2, 0.25) is 0 Å². The van der Waals surface area contributed by atoms with Crippen molar-refractivity contribution in [2.75, 3.05) is 16.7 Å². The molecule has 0 unspecified atom stereocenters. The highest BCUT2D eigenvalue weighted by molar-refractivity contribution is 7.93. The van der Waals surface area contributed by atoms with Crippen LogP contribution in [0.3, 0.4) is 0 Å². The number of ether oxygens (including phenoxy) is 1. The van der Waals surface area contributed by atoms with Crippen LogP contribution in [0.25, 0.3) is 0 Å². The Morgan fingerprint density at radius 3 is 2.33 bits per heavy atom. The van der Waals surface area contributed by atoms with Crippen molar-refractivity contribution in [2.24, 2.45) is 0 Å². The maximum atomic E-state index is 13.4. The molecular weight excluding hydrogens is 424 g/mol. The SMILES string of the molecule is Cc1cccc(C)c1N(C)S(=O)(=O)c1cc2c(cc1Cl)Oc1ccccc1NC2=O. The third kappa shape index (κ3) is 3.30. The monoisotopic (exact) mass is 442 g/mol. The molecule has 1 amide bonds. The molecule has 0 saturated carbocycles. The van der Waals surface area contributed by atoms with Crippen LogP contribution in [-0.2, 0) is 10.0 Å². The molecule has 3 aromatic rings. The summed E-state index contributed by atoms with van der Waals surface area (Å²) in [7, 11) is -2.57. The zero-order chi connectivity index (χ0) is 21.6. The number of nitrogens with one attached hydrogen (secondary N) is 1. The molecular formula is C22H19ClN2O4S. The molecule has 4 rings (SSSR count). The van der Waals surface area contributed by atoms with E-state index in [-0.39, 0.29) is 21.2 Å². The lowest BCUT2D eigenvalue weighted by molar-refractivity contribution is 0.102. The number of hydrogen-bond donors (Lipinski definition) is 1. The van der Waals surface area contributed by atoms with E-state index in [1.807, 2.05) is 32.0 Å². The largest absolute Gasteiger partial charge is 0.454 e. The van der Waals surface area contributed by atoms with Crippen molar-refractivity contribution in [1.82, 2.24) is 0 Å². The minimum Gasteiger partial charge on any atom is -0.454 e. The van der Waals surface area contributed by atoms with Crippen LogP contribution in [0.15, 0.2) is 59.5 Å². The molecule has 0 fully saturated rings. The first-order valence-corrected chi connectivity index (χ1v) is 11.0. The van der Waals surface area contributed by atoms with Crippen molar-refractivity contribution in [1.29, 1.82) is 0 Å². The first-order valence-electron chi connectivity index (χ1n) is 9.17. The van der Waals surface area contributed by atoms with Crippen molar-refractivity contribution < 1.29 is 17.9 Å². The smallest absolute Gasteiger partial charge is 0.265 e. The van der Waals surface area contributed by atoms with Gasteiger partial charge in [-0.2, -0.15) is 0 Å². The van der Waals surface area contributed by atoms with E-state index in [2.05, 4.69) is 5.32 Å². The summed E-state index contributed by atoms with van der Waals surface area (Å²) in [4.78, 5) is 12.6. The molecule has 0 bridgehead atoms. The Morgan fingerprint density at radius 2 is 1.63 bits per heavy atom. The van der Waals surface area contributed by atoms with Gasteiger partial charge in [-0.1, -0.05) is 41.9 Å². The number of anilines is 2. The van der Waals surface area contributed by atoms with Crippen LogP contribution in [0, 0.1) is 13.8 Å². The number of halogens is 1. The van der Waals surface area contributed by atoms with Crippen LogP contribution in [-0.4, -0.2) is 21.4 Å². The minimum absolute atomic E-state index is 0.0287. The Bertz CT molecular complexity index is 1270. The fourth-order valence-electron chi connectivity index (χ4n) is 3.53. The molecule has 0 radical (unpaired) electrons. The lowest BCUT2D eigenvalue weighted by Crippen LogP contribution is -2.28. The van der Waals surface area contributed by atoms with Gasteiger partial charge in [0.05, 0.1) is 22.0 Å². The van der Waals surface area contributed by atoms with Crippen molar-refractivity contribution in [3.63, 3.8) is 0 Å². The van der Waals surface area contributed by atoms with E-state index in [0.29, 0.717) is 17.1 Å². The summed E-state index contributed by atoms with van der Waals surface area (Å²) in [5, 5.41) is 2.71. The summed E-state index contributed by atoms with van der Waals surface area (Å²) >= 11 is 6.37. The Balaban J connectivity index is 1.83. The molecule has 3 aromatic carbocycles. The molecule has 6 nitrogen and oxygen atoms in total. The van der Waals surface area contributed by atoms with E-state index < -0.39 is 15.9 Å². The lowest BCUT2D eigenvalue weighted by atomic mass is 10.1. The Labute approximate surface area is 180 Å². The zero-order valence-corrected chi connectivity index (χ0v) is 18.1. The van der Waals surface area contributed by atoms with E-state index in [1.54, 1.807) is 24.3 Å². The van der Waals surface area contributed by atoms with Gasteiger partial charge in [0.1, 0.15) is 10.6 Å². The Morgan fingerprint density at radius 1 is 0.967 bits per heavy atom. The maximum absolute atomic E-state index is 13.4. The number of aryl methyl sites for hydroxylation is 2. The van der Waals surface area contributed by atoms with Gasteiger partial charge >= 0.3 is 0 Å². The van der Waals surface area contributed by atoms with Crippen LogP contribution in [0.1, 0.15) is 21.5 Å². The number of sulfonamides is 1. The number of rotatable bonds is 3. The molecule has 1 heterocycles. The summed E-state index contributed by atoms with van der Waals surface area (Å²) < 4.78 is 33.9. The van der Waals surface area contributed by atoms with Gasteiger partial charge in [0.15, 0.2) is 5.75 Å². The highest BCUT2D eigenvalue weighted by atomic mass is 35.5. The van der Waals surface area contributed by atoms with Crippen LogP contribution in [0.2, 0.25) is 5.02 Å². The van der Waals surface area contributed by atoms with Gasteiger partial charge in [0.25, 0.3) is 15.9 Å². The molecule has 0 saturated heterocycles. The molecule has 1 N–H and O–H groups in total. The molecule has 1 aliphatic heterocycles. The molecule has 8 heteroatoms. The number of carbonyl (C=O) groups is 1. The van der Waals surface area contributed by atoms with Crippen LogP contribution < -0.4 is 14.4 Å². The first-order chi connectivity index (χ1) is 14.2. The van der Waals surface area contributed by atoms with Crippen molar-refractivity contribution in [3.8, 4) is 11.5 Å². The summed E-state index contributed by atoms with van der Waals surface area (Å²) in [6, 6.07) is 15.1. The number of para-hydroxylation sites is 3. The van der Waals surface area contributed by atoms with Gasteiger partial charge in [-0.25, -0.2) is 8.42 Å². The third-order valence-corrected chi connectivity index (χ3v) is 7.25. The molecule has 0 aliphatic carbocycles. The molecule has 154 valence electrons. The summed E-state index contributed by atoms with van der Waals surface area (Å²) in [6.45, 7) is 3.68.